The smallest absolute Gasteiger partial charge is 0.222 e. The highest BCUT2D eigenvalue weighted by Crippen LogP contribution is 2.21. The van der Waals surface area contributed by atoms with Gasteiger partial charge in [0.15, 0.2) is 0 Å². The third-order valence-electron chi connectivity index (χ3n) is 4.52. The van der Waals surface area contributed by atoms with Crippen LogP contribution in [0.1, 0.15) is 46.0 Å². The molecule has 1 atom stereocenters. The third-order valence-corrected chi connectivity index (χ3v) is 4.52. The zero-order chi connectivity index (χ0) is 14.4. The van der Waals surface area contributed by atoms with Crippen molar-refractivity contribution in [2.24, 2.45) is 11.8 Å². The Kier molecular flexibility index (Phi) is 8.60. The Hall–Kier alpha value is -0.320. The average Bonchev–Trinajstić information content (AvgIpc) is 2.46. The van der Waals surface area contributed by atoms with Crippen LogP contribution in [-0.4, -0.2) is 49.7 Å². The van der Waals surface area contributed by atoms with E-state index in [4.69, 9.17) is 4.74 Å². The Bertz CT molecular complexity index is 307. The number of nitrogens with one attached hydrogen (secondary N) is 1. The molecule has 2 fully saturated rings. The lowest BCUT2D eigenvalue weighted by atomic mass is 9.92. The van der Waals surface area contributed by atoms with Crippen molar-refractivity contribution < 1.29 is 9.53 Å². The van der Waals surface area contributed by atoms with Crippen LogP contribution < -0.4 is 5.32 Å². The normalized spacial score (nSPS) is 24.0. The SMILES string of the molecule is CC(C)CC1COCCN1C(=O)CCC1CCNCC1.Cl. The second kappa shape index (κ2) is 9.65. The summed E-state index contributed by atoms with van der Waals surface area (Å²) in [6, 6.07) is 0.296. The summed E-state index contributed by atoms with van der Waals surface area (Å²) in [5.74, 6) is 1.70. The number of halogens is 1. The quantitative estimate of drug-likeness (QED) is 0.846. The van der Waals surface area contributed by atoms with Crippen LogP contribution in [0.15, 0.2) is 0 Å². The van der Waals surface area contributed by atoms with Crippen molar-refractivity contribution in [3.8, 4) is 0 Å². The maximum absolute atomic E-state index is 12.5. The van der Waals surface area contributed by atoms with Crippen molar-refractivity contribution in [2.45, 2.75) is 52.0 Å². The molecule has 21 heavy (non-hydrogen) atoms. The number of carbonyl (C=O) groups is 1. The van der Waals surface area contributed by atoms with E-state index in [1.807, 2.05) is 0 Å². The van der Waals surface area contributed by atoms with E-state index in [9.17, 15) is 4.79 Å². The predicted octanol–water partition coefficient (Wildman–Crippen LogP) is 2.46. The molecule has 1 amide bonds. The van der Waals surface area contributed by atoms with Crippen LogP contribution >= 0.6 is 12.4 Å². The number of rotatable bonds is 5. The molecule has 2 saturated heterocycles. The standard InChI is InChI=1S/C16H30N2O2.ClH/c1-13(2)11-15-12-20-10-9-18(15)16(19)4-3-14-5-7-17-8-6-14;/h13-15,17H,3-12H2,1-2H3;1H. The number of ether oxygens (including phenoxy) is 1. The van der Waals surface area contributed by atoms with E-state index < -0.39 is 0 Å². The zero-order valence-corrected chi connectivity index (χ0v) is 14.3. The second-order valence-corrected chi connectivity index (χ2v) is 6.68. The fourth-order valence-corrected chi connectivity index (χ4v) is 3.36. The van der Waals surface area contributed by atoms with Crippen molar-refractivity contribution in [1.29, 1.82) is 0 Å². The maximum Gasteiger partial charge on any atom is 0.222 e. The van der Waals surface area contributed by atoms with Crippen LogP contribution in [-0.2, 0) is 9.53 Å². The lowest BCUT2D eigenvalue weighted by Gasteiger charge is -2.37. The summed E-state index contributed by atoms with van der Waals surface area (Å²) < 4.78 is 5.56. The van der Waals surface area contributed by atoms with E-state index in [0.29, 0.717) is 24.5 Å². The molecule has 1 unspecified atom stereocenters. The molecule has 0 aromatic carbocycles. The van der Waals surface area contributed by atoms with Crippen LogP contribution in [0.4, 0.5) is 0 Å². The molecule has 1 N–H and O–H groups in total. The number of piperidine rings is 1. The number of amides is 1. The van der Waals surface area contributed by atoms with Gasteiger partial charge in [-0.15, -0.1) is 12.4 Å². The maximum atomic E-state index is 12.5. The molecule has 2 aliphatic heterocycles. The van der Waals surface area contributed by atoms with Crippen LogP contribution in [0, 0.1) is 11.8 Å². The molecule has 0 radical (unpaired) electrons. The van der Waals surface area contributed by atoms with Crippen LogP contribution in [0.5, 0.6) is 0 Å². The molecular weight excluding hydrogens is 288 g/mol. The molecule has 2 aliphatic rings. The van der Waals surface area contributed by atoms with Crippen molar-refractivity contribution in [2.75, 3.05) is 32.8 Å². The molecular formula is C16H31ClN2O2. The van der Waals surface area contributed by atoms with Gasteiger partial charge in [0.25, 0.3) is 0 Å². The zero-order valence-electron chi connectivity index (χ0n) is 13.5. The lowest BCUT2D eigenvalue weighted by Crippen LogP contribution is -2.49. The minimum atomic E-state index is 0. The minimum absolute atomic E-state index is 0. The molecule has 0 aliphatic carbocycles. The first-order valence-electron chi connectivity index (χ1n) is 8.24. The number of hydrogen-bond donors (Lipinski definition) is 1. The molecule has 0 bridgehead atoms. The Morgan fingerprint density at radius 1 is 1.33 bits per heavy atom. The topological polar surface area (TPSA) is 41.6 Å². The van der Waals surface area contributed by atoms with Gasteiger partial charge in [-0.05, 0) is 50.6 Å². The molecule has 0 aromatic rings. The number of morpholine rings is 1. The molecule has 4 nitrogen and oxygen atoms in total. The minimum Gasteiger partial charge on any atom is -0.377 e. The van der Waals surface area contributed by atoms with Crippen LogP contribution in [0.25, 0.3) is 0 Å². The van der Waals surface area contributed by atoms with Gasteiger partial charge in [0.05, 0.1) is 19.3 Å². The monoisotopic (exact) mass is 318 g/mol. The van der Waals surface area contributed by atoms with Crippen molar-refractivity contribution in [1.82, 2.24) is 10.2 Å². The van der Waals surface area contributed by atoms with Gasteiger partial charge in [0.2, 0.25) is 5.91 Å². The van der Waals surface area contributed by atoms with E-state index in [1.54, 1.807) is 0 Å². The Balaban J connectivity index is 0.00000220. The second-order valence-electron chi connectivity index (χ2n) is 6.68. The molecule has 124 valence electrons. The van der Waals surface area contributed by atoms with Gasteiger partial charge in [-0.25, -0.2) is 0 Å². The highest BCUT2D eigenvalue weighted by molar-refractivity contribution is 5.85. The average molecular weight is 319 g/mol. The summed E-state index contributed by atoms with van der Waals surface area (Å²) in [4.78, 5) is 14.6. The highest BCUT2D eigenvalue weighted by atomic mass is 35.5. The van der Waals surface area contributed by atoms with Crippen LogP contribution in [0.3, 0.4) is 0 Å². The highest BCUT2D eigenvalue weighted by Gasteiger charge is 2.28. The summed E-state index contributed by atoms with van der Waals surface area (Å²) in [5.41, 5.74) is 0. The Morgan fingerprint density at radius 2 is 2.05 bits per heavy atom. The Morgan fingerprint density at radius 3 is 2.71 bits per heavy atom. The molecule has 0 spiro atoms. The summed E-state index contributed by atoms with van der Waals surface area (Å²) in [6.07, 6.45) is 5.29. The molecule has 2 heterocycles. The first kappa shape index (κ1) is 18.7. The van der Waals surface area contributed by atoms with Gasteiger partial charge in [0.1, 0.15) is 0 Å². The van der Waals surface area contributed by atoms with E-state index in [2.05, 4.69) is 24.1 Å². The van der Waals surface area contributed by atoms with E-state index in [-0.39, 0.29) is 12.4 Å². The fourth-order valence-electron chi connectivity index (χ4n) is 3.36. The molecule has 2 rings (SSSR count). The van der Waals surface area contributed by atoms with Gasteiger partial charge in [-0.2, -0.15) is 0 Å². The van der Waals surface area contributed by atoms with Crippen molar-refractivity contribution in [3.05, 3.63) is 0 Å². The van der Waals surface area contributed by atoms with Gasteiger partial charge >= 0.3 is 0 Å². The molecule has 5 heteroatoms. The molecule has 0 saturated carbocycles. The lowest BCUT2D eigenvalue weighted by molar-refractivity contribution is -0.140. The summed E-state index contributed by atoms with van der Waals surface area (Å²) >= 11 is 0. The molecule has 0 aromatic heterocycles. The number of hydrogen-bond acceptors (Lipinski definition) is 3. The van der Waals surface area contributed by atoms with Gasteiger partial charge in [-0.3, -0.25) is 4.79 Å². The van der Waals surface area contributed by atoms with Crippen LogP contribution in [0.2, 0.25) is 0 Å². The third kappa shape index (κ3) is 6.13. The predicted molar refractivity (Wildman–Crippen MR) is 87.9 cm³/mol. The summed E-state index contributed by atoms with van der Waals surface area (Å²) in [6.45, 7) is 8.87. The van der Waals surface area contributed by atoms with E-state index in [0.717, 1.165) is 51.4 Å². The summed E-state index contributed by atoms with van der Waals surface area (Å²) in [7, 11) is 0. The Labute approximate surface area is 135 Å². The first-order valence-corrected chi connectivity index (χ1v) is 8.24. The van der Waals surface area contributed by atoms with Crippen molar-refractivity contribution >= 4 is 18.3 Å². The van der Waals surface area contributed by atoms with Gasteiger partial charge in [0, 0.05) is 13.0 Å². The largest absolute Gasteiger partial charge is 0.377 e. The summed E-state index contributed by atoms with van der Waals surface area (Å²) in [5, 5.41) is 3.38. The first-order chi connectivity index (χ1) is 9.66. The van der Waals surface area contributed by atoms with E-state index >= 15 is 0 Å². The van der Waals surface area contributed by atoms with Crippen molar-refractivity contribution in [3.63, 3.8) is 0 Å². The number of carbonyl (C=O) groups excluding carboxylic acids is 1. The van der Waals surface area contributed by atoms with Gasteiger partial charge < -0.3 is 15.0 Å². The van der Waals surface area contributed by atoms with Gasteiger partial charge in [-0.1, -0.05) is 13.8 Å². The number of nitrogens with zero attached hydrogens (tertiary/aromatic N) is 1. The fraction of sp³-hybridized carbons (Fsp3) is 0.938. The van der Waals surface area contributed by atoms with E-state index in [1.165, 1.54) is 12.8 Å².